The third-order valence-electron chi connectivity index (χ3n) is 5.68. The molecule has 2 aromatic rings. The summed E-state index contributed by atoms with van der Waals surface area (Å²) in [7, 11) is 0. The van der Waals surface area contributed by atoms with Gasteiger partial charge in [0, 0.05) is 60.6 Å². The number of aryl methyl sites for hydroxylation is 2. The molecule has 0 radical (unpaired) electrons. The Morgan fingerprint density at radius 1 is 1.10 bits per heavy atom. The molecule has 0 aliphatic carbocycles. The largest absolute Gasteiger partial charge is 0.353 e. The van der Waals surface area contributed by atoms with Gasteiger partial charge in [-0.25, -0.2) is 0 Å². The highest BCUT2D eigenvalue weighted by atomic mass is 32.1. The highest BCUT2D eigenvalue weighted by molar-refractivity contribution is 7.09. The molecule has 1 N–H and O–H groups in total. The van der Waals surface area contributed by atoms with Gasteiger partial charge in [-0.1, -0.05) is 6.07 Å². The number of hydrogen-bond donors (Lipinski definition) is 1. The molecule has 1 saturated heterocycles. The van der Waals surface area contributed by atoms with Gasteiger partial charge >= 0.3 is 0 Å². The van der Waals surface area contributed by atoms with Gasteiger partial charge in [0.05, 0.1) is 13.1 Å². The van der Waals surface area contributed by atoms with Gasteiger partial charge < -0.3 is 9.88 Å². The Labute approximate surface area is 183 Å². The number of carbonyl (C=O) groups excluding carboxylic acids is 2. The number of nitrogens with one attached hydrogen (secondary N) is 1. The Morgan fingerprint density at radius 2 is 1.77 bits per heavy atom. The third-order valence-corrected chi connectivity index (χ3v) is 6.62. The first-order valence-corrected chi connectivity index (χ1v) is 11.7. The predicted molar refractivity (Wildman–Crippen MR) is 122 cm³/mol. The normalized spacial score (nSPS) is 15.6. The number of ketones is 1. The van der Waals surface area contributed by atoms with E-state index >= 15 is 0 Å². The van der Waals surface area contributed by atoms with Crippen LogP contribution in [0.5, 0.6) is 0 Å². The van der Waals surface area contributed by atoms with Crippen molar-refractivity contribution in [3.8, 4) is 0 Å². The van der Waals surface area contributed by atoms with Crippen LogP contribution in [0.3, 0.4) is 0 Å². The van der Waals surface area contributed by atoms with Gasteiger partial charge in [0.15, 0.2) is 5.78 Å². The monoisotopic (exact) mass is 430 g/mol. The predicted octanol–water partition coefficient (Wildman–Crippen LogP) is 2.73. The molecule has 0 unspecified atom stereocenters. The smallest absolute Gasteiger partial charge is 0.234 e. The van der Waals surface area contributed by atoms with Gasteiger partial charge in [0.25, 0.3) is 0 Å². The van der Waals surface area contributed by atoms with Crippen molar-refractivity contribution in [1.29, 1.82) is 0 Å². The average molecular weight is 431 g/mol. The molecule has 0 aromatic carbocycles. The summed E-state index contributed by atoms with van der Waals surface area (Å²) in [5.74, 6) is 0.265. The van der Waals surface area contributed by atoms with E-state index in [0.717, 1.165) is 56.1 Å². The van der Waals surface area contributed by atoms with Gasteiger partial charge in [0.1, 0.15) is 0 Å². The highest BCUT2D eigenvalue weighted by Crippen LogP contribution is 2.19. The van der Waals surface area contributed by atoms with Crippen LogP contribution in [0.4, 0.5) is 0 Å². The van der Waals surface area contributed by atoms with Crippen molar-refractivity contribution < 1.29 is 9.59 Å². The second-order valence-corrected chi connectivity index (χ2v) is 9.50. The molecule has 0 bridgehead atoms. The summed E-state index contributed by atoms with van der Waals surface area (Å²) in [4.78, 5) is 30.7. The molecule has 3 heterocycles. The molecule has 30 heavy (non-hydrogen) atoms. The van der Waals surface area contributed by atoms with Gasteiger partial charge in [0.2, 0.25) is 5.91 Å². The van der Waals surface area contributed by atoms with Crippen molar-refractivity contribution in [3.63, 3.8) is 0 Å². The van der Waals surface area contributed by atoms with Crippen LogP contribution in [0.2, 0.25) is 0 Å². The number of thiophene rings is 1. The molecular formula is C23H34N4O2S. The number of hydrogen-bond acceptors (Lipinski definition) is 5. The summed E-state index contributed by atoms with van der Waals surface area (Å²) < 4.78 is 2.26. The van der Waals surface area contributed by atoms with Crippen molar-refractivity contribution in [2.24, 2.45) is 0 Å². The lowest BCUT2D eigenvalue weighted by Crippen LogP contribution is -2.51. The van der Waals surface area contributed by atoms with Gasteiger partial charge in [-0.05, 0) is 51.6 Å². The fourth-order valence-electron chi connectivity index (χ4n) is 4.07. The Bertz CT molecular complexity index is 849. The lowest BCUT2D eigenvalue weighted by atomic mass is 10.1. The number of carbonyl (C=O) groups is 2. The Balaban J connectivity index is 1.50. The molecule has 1 aliphatic rings. The van der Waals surface area contributed by atoms with E-state index in [1.807, 2.05) is 19.9 Å². The molecule has 1 fully saturated rings. The van der Waals surface area contributed by atoms with Crippen molar-refractivity contribution in [3.05, 3.63) is 45.4 Å². The second-order valence-electron chi connectivity index (χ2n) is 8.46. The maximum absolute atomic E-state index is 13.0. The fourth-order valence-corrected chi connectivity index (χ4v) is 4.77. The number of rotatable bonds is 9. The fraction of sp³-hybridized carbons (Fsp3) is 0.565. The van der Waals surface area contributed by atoms with Crippen LogP contribution in [0.15, 0.2) is 23.6 Å². The zero-order valence-electron chi connectivity index (χ0n) is 18.6. The van der Waals surface area contributed by atoms with E-state index in [2.05, 4.69) is 51.0 Å². The summed E-state index contributed by atoms with van der Waals surface area (Å²) in [6.07, 6.45) is 0.994. The summed E-state index contributed by atoms with van der Waals surface area (Å²) in [6.45, 7) is 13.1. The number of Topliss-reactive ketones (excluding diaryl/α,β-unsaturated/α-hetero) is 1. The molecule has 7 heteroatoms. The zero-order chi connectivity index (χ0) is 21.7. The van der Waals surface area contributed by atoms with Crippen LogP contribution < -0.4 is 5.32 Å². The molecule has 1 aliphatic heterocycles. The third kappa shape index (κ3) is 6.03. The molecule has 0 spiro atoms. The highest BCUT2D eigenvalue weighted by Gasteiger charge is 2.23. The van der Waals surface area contributed by atoms with Crippen molar-refractivity contribution in [1.82, 2.24) is 19.7 Å². The van der Waals surface area contributed by atoms with E-state index in [1.165, 1.54) is 4.88 Å². The molecule has 0 saturated carbocycles. The first kappa shape index (κ1) is 22.7. The first-order valence-electron chi connectivity index (χ1n) is 10.8. The average Bonchev–Trinajstić information content (AvgIpc) is 3.29. The number of aromatic nitrogens is 1. The van der Waals surface area contributed by atoms with E-state index in [9.17, 15) is 9.59 Å². The summed E-state index contributed by atoms with van der Waals surface area (Å²) in [5.41, 5.74) is 3.06. The van der Waals surface area contributed by atoms with Crippen LogP contribution in [-0.2, 0) is 17.8 Å². The lowest BCUT2D eigenvalue weighted by molar-refractivity contribution is -0.123. The quantitative estimate of drug-likeness (QED) is 0.622. The maximum atomic E-state index is 13.0. The summed E-state index contributed by atoms with van der Waals surface area (Å²) >= 11 is 1.78. The Hall–Kier alpha value is -1.96. The van der Waals surface area contributed by atoms with Crippen LogP contribution in [-0.4, -0.2) is 71.4 Å². The van der Waals surface area contributed by atoms with Crippen LogP contribution in [0, 0.1) is 13.8 Å². The Kier molecular flexibility index (Phi) is 7.86. The molecule has 6 nitrogen and oxygen atoms in total. The zero-order valence-corrected chi connectivity index (χ0v) is 19.4. The number of piperazine rings is 1. The molecule has 164 valence electrons. The lowest BCUT2D eigenvalue weighted by Gasteiger charge is -2.34. The van der Waals surface area contributed by atoms with Crippen molar-refractivity contribution >= 4 is 23.0 Å². The van der Waals surface area contributed by atoms with E-state index in [-0.39, 0.29) is 17.7 Å². The molecular weight excluding hydrogens is 396 g/mol. The molecule has 0 atom stereocenters. The minimum Gasteiger partial charge on any atom is -0.353 e. The van der Waals surface area contributed by atoms with E-state index in [1.54, 1.807) is 11.3 Å². The topological polar surface area (TPSA) is 57.6 Å². The second kappa shape index (κ2) is 10.4. The van der Waals surface area contributed by atoms with Gasteiger partial charge in [-0.15, -0.1) is 11.3 Å². The minimum atomic E-state index is 0.0736. The van der Waals surface area contributed by atoms with Gasteiger partial charge in [-0.3, -0.25) is 19.4 Å². The Morgan fingerprint density at radius 3 is 2.37 bits per heavy atom. The summed E-state index contributed by atoms with van der Waals surface area (Å²) in [6, 6.07) is 6.46. The number of amides is 1. The maximum Gasteiger partial charge on any atom is 0.234 e. The van der Waals surface area contributed by atoms with E-state index in [4.69, 9.17) is 0 Å². The van der Waals surface area contributed by atoms with Crippen LogP contribution in [0.25, 0.3) is 0 Å². The van der Waals surface area contributed by atoms with E-state index in [0.29, 0.717) is 13.1 Å². The first-order chi connectivity index (χ1) is 14.3. The molecule has 1 amide bonds. The van der Waals surface area contributed by atoms with Gasteiger partial charge in [-0.2, -0.15) is 0 Å². The molecule has 2 aromatic heterocycles. The SMILES string of the molecule is Cc1cc(C(=O)CN2CCN(CC(=O)NC(C)C)CC2)c(C)n1CCc1cccs1. The minimum absolute atomic E-state index is 0.0736. The van der Waals surface area contributed by atoms with Crippen LogP contribution in [0.1, 0.15) is 40.5 Å². The molecule has 3 rings (SSSR count). The van der Waals surface area contributed by atoms with Crippen molar-refractivity contribution in [2.75, 3.05) is 39.3 Å². The van der Waals surface area contributed by atoms with Crippen LogP contribution >= 0.6 is 11.3 Å². The van der Waals surface area contributed by atoms with E-state index < -0.39 is 0 Å². The van der Waals surface area contributed by atoms with Crippen molar-refractivity contribution in [2.45, 2.75) is 46.7 Å². The summed E-state index contributed by atoms with van der Waals surface area (Å²) in [5, 5.41) is 5.05. The standard InChI is InChI=1S/C23H34N4O2S/c1-17(2)24-23(29)16-26-11-9-25(10-12-26)15-22(28)21-14-18(3)27(19(21)4)8-7-20-6-5-13-30-20/h5-6,13-14,17H,7-12,15-16H2,1-4H3,(H,24,29). The number of nitrogens with zero attached hydrogens (tertiary/aromatic N) is 3.